The van der Waals surface area contributed by atoms with E-state index in [2.05, 4.69) is 16.0 Å². The average Bonchev–Trinajstić information content (AvgIpc) is 2.89. The van der Waals surface area contributed by atoms with Gasteiger partial charge in [0, 0.05) is 24.3 Å². The average molecular weight is 291 g/mol. The molecule has 2 amide bonds. The Morgan fingerprint density at radius 2 is 1.76 bits per heavy atom. The molecule has 3 N–H and O–H groups in total. The summed E-state index contributed by atoms with van der Waals surface area (Å²) in [6.07, 6.45) is 0. The number of hydrogen-bond donors (Lipinski definition) is 3. The van der Waals surface area contributed by atoms with Gasteiger partial charge in [-0.2, -0.15) is 0 Å². The molecule has 0 saturated carbocycles. The maximum atomic E-state index is 12.3. The van der Waals surface area contributed by atoms with Crippen molar-refractivity contribution in [2.75, 3.05) is 30.4 Å². The SMILES string of the molecule is CCNC1COCC1C(=O)Nc1ccc(NC(C)=O)cc1. The molecule has 2 unspecified atom stereocenters. The van der Waals surface area contributed by atoms with Crippen LogP contribution in [0, 0.1) is 5.92 Å². The van der Waals surface area contributed by atoms with Crippen LogP contribution in [0.1, 0.15) is 13.8 Å². The molecule has 0 radical (unpaired) electrons. The van der Waals surface area contributed by atoms with Crippen molar-refractivity contribution in [1.29, 1.82) is 0 Å². The lowest BCUT2D eigenvalue weighted by molar-refractivity contribution is -0.120. The zero-order valence-corrected chi connectivity index (χ0v) is 12.3. The number of amides is 2. The quantitative estimate of drug-likeness (QED) is 0.762. The Bertz CT molecular complexity index is 501. The van der Waals surface area contributed by atoms with E-state index in [-0.39, 0.29) is 23.8 Å². The van der Waals surface area contributed by atoms with Crippen LogP contribution in [0.5, 0.6) is 0 Å². The highest BCUT2D eigenvalue weighted by molar-refractivity contribution is 5.94. The summed E-state index contributed by atoms with van der Waals surface area (Å²) in [4.78, 5) is 23.2. The van der Waals surface area contributed by atoms with Gasteiger partial charge in [0.25, 0.3) is 0 Å². The van der Waals surface area contributed by atoms with E-state index in [1.165, 1.54) is 6.92 Å². The second-order valence-corrected chi connectivity index (χ2v) is 5.06. The van der Waals surface area contributed by atoms with Gasteiger partial charge in [-0.15, -0.1) is 0 Å². The van der Waals surface area contributed by atoms with E-state index >= 15 is 0 Å². The number of nitrogens with one attached hydrogen (secondary N) is 3. The molecular weight excluding hydrogens is 270 g/mol. The Kier molecular flexibility index (Phi) is 5.30. The fourth-order valence-corrected chi connectivity index (χ4v) is 2.35. The van der Waals surface area contributed by atoms with Crippen LogP contribution in [0.4, 0.5) is 11.4 Å². The summed E-state index contributed by atoms with van der Waals surface area (Å²) < 4.78 is 5.37. The fraction of sp³-hybridized carbons (Fsp3) is 0.467. The van der Waals surface area contributed by atoms with Crippen molar-refractivity contribution in [3.8, 4) is 0 Å². The van der Waals surface area contributed by atoms with Gasteiger partial charge in [0.15, 0.2) is 0 Å². The second-order valence-electron chi connectivity index (χ2n) is 5.06. The molecule has 0 aliphatic carbocycles. The molecule has 6 nitrogen and oxygen atoms in total. The van der Waals surface area contributed by atoms with E-state index in [4.69, 9.17) is 4.74 Å². The van der Waals surface area contributed by atoms with Gasteiger partial charge in [-0.3, -0.25) is 9.59 Å². The third-order valence-corrected chi connectivity index (χ3v) is 3.36. The smallest absolute Gasteiger partial charge is 0.231 e. The summed E-state index contributed by atoms with van der Waals surface area (Å²) in [6.45, 7) is 5.27. The van der Waals surface area contributed by atoms with E-state index in [0.717, 1.165) is 6.54 Å². The molecule has 1 aromatic carbocycles. The summed E-state index contributed by atoms with van der Waals surface area (Å²) in [5.74, 6) is -0.353. The zero-order chi connectivity index (χ0) is 15.2. The number of anilines is 2. The lowest BCUT2D eigenvalue weighted by Gasteiger charge is -2.17. The monoisotopic (exact) mass is 291 g/mol. The van der Waals surface area contributed by atoms with Crippen LogP contribution in [-0.4, -0.2) is 37.6 Å². The van der Waals surface area contributed by atoms with E-state index in [1.807, 2.05) is 6.92 Å². The molecular formula is C15H21N3O3. The normalized spacial score (nSPS) is 21.0. The standard InChI is InChI=1S/C15H21N3O3/c1-3-16-14-9-21-8-13(14)15(20)18-12-6-4-11(5-7-12)17-10(2)19/h4-7,13-14,16H,3,8-9H2,1-2H3,(H,17,19)(H,18,20). The van der Waals surface area contributed by atoms with Crippen LogP contribution < -0.4 is 16.0 Å². The Balaban J connectivity index is 1.94. The van der Waals surface area contributed by atoms with Crippen LogP contribution in [0.25, 0.3) is 0 Å². The molecule has 6 heteroatoms. The molecule has 114 valence electrons. The topological polar surface area (TPSA) is 79.5 Å². The van der Waals surface area contributed by atoms with Crippen molar-refractivity contribution in [3.05, 3.63) is 24.3 Å². The third kappa shape index (κ3) is 4.27. The molecule has 1 aliphatic heterocycles. The first-order valence-corrected chi connectivity index (χ1v) is 7.09. The molecule has 21 heavy (non-hydrogen) atoms. The Hall–Kier alpha value is -1.92. The van der Waals surface area contributed by atoms with E-state index in [1.54, 1.807) is 24.3 Å². The first-order chi connectivity index (χ1) is 10.1. The highest BCUT2D eigenvalue weighted by Gasteiger charge is 2.33. The number of benzene rings is 1. The summed E-state index contributed by atoms with van der Waals surface area (Å²) in [5.41, 5.74) is 1.41. The lowest BCUT2D eigenvalue weighted by Crippen LogP contribution is -2.41. The molecule has 1 saturated heterocycles. The highest BCUT2D eigenvalue weighted by Crippen LogP contribution is 2.18. The second kappa shape index (κ2) is 7.19. The van der Waals surface area contributed by atoms with Crippen molar-refractivity contribution >= 4 is 23.2 Å². The van der Waals surface area contributed by atoms with Gasteiger partial charge in [0.1, 0.15) is 0 Å². The van der Waals surface area contributed by atoms with Crippen LogP contribution in [0.2, 0.25) is 0 Å². The van der Waals surface area contributed by atoms with Gasteiger partial charge in [-0.25, -0.2) is 0 Å². The van der Waals surface area contributed by atoms with Crippen molar-refractivity contribution < 1.29 is 14.3 Å². The Labute approximate surface area is 124 Å². The summed E-state index contributed by atoms with van der Waals surface area (Å²) >= 11 is 0. The minimum Gasteiger partial charge on any atom is -0.379 e. The molecule has 0 spiro atoms. The van der Waals surface area contributed by atoms with Gasteiger partial charge < -0.3 is 20.7 Å². The Morgan fingerprint density at radius 1 is 1.14 bits per heavy atom. The number of likely N-dealkylation sites (N-methyl/N-ethyl adjacent to an activating group) is 1. The molecule has 1 heterocycles. The summed E-state index contributed by atoms with van der Waals surface area (Å²) in [6, 6.07) is 7.10. The fourth-order valence-electron chi connectivity index (χ4n) is 2.35. The van der Waals surface area contributed by atoms with Crippen molar-refractivity contribution in [3.63, 3.8) is 0 Å². The van der Waals surface area contributed by atoms with Crippen molar-refractivity contribution in [2.45, 2.75) is 19.9 Å². The van der Waals surface area contributed by atoms with Crippen LogP contribution in [-0.2, 0) is 14.3 Å². The summed E-state index contributed by atoms with van der Waals surface area (Å²) in [7, 11) is 0. The van der Waals surface area contributed by atoms with Crippen molar-refractivity contribution in [1.82, 2.24) is 5.32 Å². The third-order valence-electron chi connectivity index (χ3n) is 3.36. The molecule has 0 bridgehead atoms. The number of ether oxygens (including phenoxy) is 1. The zero-order valence-electron chi connectivity index (χ0n) is 12.3. The maximum Gasteiger partial charge on any atom is 0.231 e. The number of carbonyl (C=O) groups excluding carboxylic acids is 2. The van der Waals surface area contributed by atoms with Gasteiger partial charge in [-0.1, -0.05) is 6.92 Å². The predicted octanol–water partition coefficient (Wildman–Crippen LogP) is 1.21. The summed E-state index contributed by atoms with van der Waals surface area (Å²) in [5, 5.41) is 8.82. The first kappa shape index (κ1) is 15.5. The maximum absolute atomic E-state index is 12.3. The van der Waals surface area contributed by atoms with Crippen LogP contribution >= 0.6 is 0 Å². The number of hydrogen-bond acceptors (Lipinski definition) is 4. The lowest BCUT2D eigenvalue weighted by atomic mass is 10.0. The van der Waals surface area contributed by atoms with Crippen LogP contribution in [0.3, 0.4) is 0 Å². The minimum atomic E-state index is -0.181. The molecule has 1 fully saturated rings. The van der Waals surface area contributed by atoms with Gasteiger partial charge in [-0.05, 0) is 30.8 Å². The molecule has 0 aromatic heterocycles. The van der Waals surface area contributed by atoms with E-state index < -0.39 is 0 Å². The molecule has 1 aliphatic rings. The van der Waals surface area contributed by atoms with Gasteiger partial charge in [0.05, 0.1) is 19.1 Å². The number of rotatable bonds is 5. The predicted molar refractivity (Wildman–Crippen MR) is 81.1 cm³/mol. The largest absolute Gasteiger partial charge is 0.379 e. The van der Waals surface area contributed by atoms with E-state index in [9.17, 15) is 9.59 Å². The molecule has 2 rings (SSSR count). The Morgan fingerprint density at radius 3 is 2.33 bits per heavy atom. The number of carbonyl (C=O) groups is 2. The minimum absolute atomic E-state index is 0.0503. The van der Waals surface area contributed by atoms with Gasteiger partial charge >= 0.3 is 0 Å². The first-order valence-electron chi connectivity index (χ1n) is 7.09. The van der Waals surface area contributed by atoms with Crippen LogP contribution in [0.15, 0.2) is 24.3 Å². The van der Waals surface area contributed by atoms with E-state index in [0.29, 0.717) is 24.6 Å². The highest BCUT2D eigenvalue weighted by atomic mass is 16.5. The van der Waals surface area contributed by atoms with Crippen molar-refractivity contribution in [2.24, 2.45) is 5.92 Å². The van der Waals surface area contributed by atoms with Gasteiger partial charge in [0.2, 0.25) is 11.8 Å². The molecule has 2 atom stereocenters. The molecule has 1 aromatic rings.